The van der Waals surface area contributed by atoms with Crippen molar-refractivity contribution in [2.24, 2.45) is 0 Å². The fourth-order valence-corrected chi connectivity index (χ4v) is 2.22. The number of benzene rings is 1. The number of hydrogen-bond donors (Lipinski definition) is 0. The molecule has 2 aromatic rings. The Morgan fingerprint density at radius 1 is 1.29 bits per heavy atom. The van der Waals surface area contributed by atoms with Crippen LogP contribution in [-0.4, -0.2) is 7.11 Å². The molecule has 86 valence electrons. The molecule has 3 nitrogen and oxygen atoms in total. The molecule has 0 unspecified atom stereocenters. The lowest BCUT2D eigenvalue weighted by Crippen LogP contribution is -1.82. The van der Waals surface area contributed by atoms with Crippen LogP contribution in [0.15, 0.2) is 36.4 Å². The Kier molecular flexibility index (Phi) is 3.76. The summed E-state index contributed by atoms with van der Waals surface area (Å²) in [6, 6.07) is 13.1. The lowest BCUT2D eigenvalue weighted by Gasteiger charge is -2.02. The molecule has 0 amide bonds. The number of nitrogens with zero attached hydrogens (tertiary/aromatic N) is 1. The molecule has 0 N–H and O–H groups in total. The molecule has 1 heterocycles. The molecule has 0 saturated carbocycles. The average Bonchev–Trinajstić information content (AvgIpc) is 2.77. The van der Waals surface area contributed by atoms with Gasteiger partial charge in [0.15, 0.2) is 5.06 Å². The summed E-state index contributed by atoms with van der Waals surface area (Å²) in [6.07, 6.45) is 0. The quantitative estimate of drug-likeness (QED) is 0.827. The van der Waals surface area contributed by atoms with E-state index in [0.717, 1.165) is 9.94 Å². The molecule has 0 aliphatic carbocycles. The molecular formula is C13H11NO2S. The lowest BCUT2D eigenvalue weighted by atomic mass is 10.2. The van der Waals surface area contributed by atoms with E-state index < -0.39 is 0 Å². The van der Waals surface area contributed by atoms with Gasteiger partial charge >= 0.3 is 0 Å². The van der Waals surface area contributed by atoms with Crippen LogP contribution < -0.4 is 4.74 Å². The molecule has 0 aliphatic rings. The van der Waals surface area contributed by atoms with Crippen LogP contribution in [0.4, 0.5) is 0 Å². The lowest BCUT2D eigenvalue weighted by molar-refractivity contribution is 0.187. The largest absolute Gasteiger partial charge is 0.447 e. The molecule has 1 aromatic carbocycles. The summed E-state index contributed by atoms with van der Waals surface area (Å²) in [5.74, 6) is 0.676. The molecule has 0 fully saturated rings. The highest BCUT2D eigenvalue weighted by molar-refractivity contribution is 7.13. The Morgan fingerprint density at radius 2 is 2.18 bits per heavy atom. The SMILES string of the molecule is COCc1ccc(Oc2cccc(C#N)c2)s1. The third-order valence-corrected chi connectivity index (χ3v) is 3.04. The number of rotatable bonds is 4. The molecule has 17 heavy (non-hydrogen) atoms. The second-order valence-corrected chi connectivity index (χ2v) is 4.53. The van der Waals surface area contributed by atoms with Crippen LogP contribution in [0.25, 0.3) is 0 Å². The zero-order chi connectivity index (χ0) is 12.1. The van der Waals surface area contributed by atoms with E-state index in [-0.39, 0.29) is 0 Å². The van der Waals surface area contributed by atoms with E-state index in [9.17, 15) is 0 Å². The number of ether oxygens (including phenoxy) is 2. The maximum absolute atomic E-state index is 8.78. The summed E-state index contributed by atoms with van der Waals surface area (Å²) in [7, 11) is 1.66. The van der Waals surface area contributed by atoms with Crippen LogP contribution in [0, 0.1) is 11.3 Å². The molecular weight excluding hydrogens is 234 g/mol. The Balaban J connectivity index is 2.11. The number of hydrogen-bond acceptors (Lipinski definition) is 4. The normalized spacial score (nSPS) is 9.88. The van der Waals surface area contributed by atoms with Crippen LogP contribution in [0.1, 0.15) is 10.4 Å². The van der Waals surface area contributed by atoms with E-state index in [1.165, 1.54) is 11.3 Å². The van der Waals surface area contributed by atoms with Crippen LogP contribution in [0.5, 0.6) is 10.8 Å². The molecule has 0 atom stereocenters. The summed E-state index contributed by atoms with van der Waals surface area (Å²) in [6.45, 7) is 0.590. The molecule has 0 bridgehead atoms. The predicted octanol–water partition coefficient (Wildman–Crippen LogP) is 3.56. The van der Waals surface area contributed by atoms with Gasteiger partial charge in [-0.05, 0) is 30.3 Å². The molecule has 1 aromatic heterocycles. The summed E-state index contributed by atoms with van der Waals surface area (Å²) in [5, 5.41) is 9.58. The summed E-state index contributed by atoms with van der Waals surface area (Å²) < 4.78 is 10.7. The van der Waals surface area contributed by atoms with E-state index in [2.05, 4.69) is 6.07 Å². The Bertz CT molecular complexity index is 542. The number of thiophene rings is 1. The zero-order valence-corrected chi connectivity index (χ0v) is 10.2. The van der Waals surface area contributed by atoms with Gasteiger partial charge in [0.2, 0.25) is 0 Å². The number of nitriles is 1. The van der Waals surface area contributed by atoms with Gasteiger partial charge in [-0.1, -0.05) is 6.07 Å². The van der Waals surface area contributed by atoms with Crippen molar-refractivity contribution in [2.45, 2.75) is 6.61 Å². The minimum absolute atomic E-state index is 0.590. The standard InChI is InChI=1S/C13H11NO2S/c1-15-9-12-5-6-13(17-12)16-11-4-2-3-10(7-11)8-14/h2-7H,9H2,1H3. The third-order valence-electron chi connectivity index (χ3n) is 2.11. The van der Waals surface area contributed by atoms with Crippen molar-refractivity contribution in [3.05, 3.63) is 46.8 Å². The second-order valence-electron chi connectivity index (χ2n) is 3.40. The van der Waals surface area contributed by atoms with Gasteiger partial charge in [0, 0.05) is 12.0 Å². The Hall–Kier alpha value is -1.83. The van der Waals surface area contributed by atoms with E-state index in [4.69, 9.17) is 14.7 Å². The zero-order valence-electron chi connectivity index (χ0n) is 9.34. The van der Waals surface area contributed by atoms with Crippen molar-refractivity contribution in [1.29, 1.82) is 5.26 Å². The fourth-order valence-electron chi connectivity index (χ4n) is 1.38. The average molecular weight is 245 g/mol. The first kappa shape index (κ1) is 11.6. The first-order valence-corrected chi connectivity index (χ1v) is 5.89. The van der Waals surface area contributed by atoms with Crippen molar-refractivity contribution in [2.75, 3.05) is 7.11 Å². The van der Waals surface area contributed by atoms with Crippen molar-refractivity contribution in [1.82, 2.24) is 0 Å². The van der Waals surface area contributed by atoms with Crippen LogP contribution in [0.3, 0.4) is 0 Å². The smallest absolute Gasteiger partial charge is 0.181 e. The maximum Gasteiger partial charge on any atom is 0.181 e. The minimum atomic E-state index is 0.590. The van der Waals surface area contributed by atoms with E-state index in [0.29, 0.717) is 17.9 Å². The fraction of sp³-hybridized carbons (Fsp3) is 0.154. The molecule has 2 rings (SSSR count). The predicted molar refractivity (Wildman–Crippen MR) is 66.3 cm³/mol. The highest BCUT2D eigenvalue weighted by Gasteiger charge is 2.03. The first-order chi connectivity index (χ1) is 8.31. The van der Waals surface area contributed by atoms with Gasteiger partial charge in [-0.25, -0.2) is 0 Å². The van der Waals surface area contributed by atoms with Crippen molar-refractivity contribution in [3.8, 4) is 16.9 Å². The third kappa shape index (κ3) is 3.06. The van der Waals surface area contributed by atoms with Crippen LogP contribution >= 0.6 is 11.3 Å². The van der Waals surface area contributed by atoms with Gasteiger partial charge < -0.3 is 9.47 Å². The maximum atomic E-state index is 8.78. The topological polar surface area (TPSA) is 42.2 Å². The van der Waals surface area contributed by atoms with E-state index in [1.54, 1.807) is 25.3 Å². The molecule has 0 aliphatic heterocycles. The highest BCUT2D eigenvalue weighted by atomic mass is 32.1. The number of methoxy groups -OCH3 is 1. The van der Waals surface area contributed by atoms with Crippen molar-refractivity contribution >= 4 is 11.3 Å². The summed E-state index contributed by atoms with van der Waals surface area (Å²) in [4.78, 5) is 1.11. The Labute approximate surface area is 104 Å². The van der Waals surface area contributed by atoms with E-state index >= 15 is 0 Å². The monoisotopic (exact) mass is 245 g/mol. The minimum Gasteiger partial charge on any atom is -0.447 e. The van der Waals surface area contributed by atoms with E-state index in [1.807, 2.05) is 18.2 Å². The highest BCUT2D eigenvalue weighted by Crippen LogP contribution is 2.30. The van der Waals surface area contributed by atoms with Crippen molar-refractivity contribution < 1.29 is 9.47 Å². The molecule has 0 radical (unpaired) electrons. The first-order valence-electron chi connectivity index (χ1n) is 5.07. The van der Waals surface area contributed by atoms with Gasteiger partial charge in [-0.3, -0.25) is 0 Å². The molecule has 4 heteroatoms. The summed E-state index contributed by atoms with van der Waals surface area (Å²) >= 11 is 1.54. The van der Waals surface area contributed by atoms with Gasteiger partial charge in [0.05, 0.1) is 18.2 Å². The van der Waals surface area contributed by atoms with Crippen LogP contribution in [0.2, 0.25) is 0 Å². The Morgan fingerprint density at radius 3 is 2.94 bits per heavy atom. The van der Waals surface area contributed by atoms with Gasteiger partial charge in [-0.2, -0.15) is 5.26 Å². The van der Waals surface area contributed by atoms with Crippen LogP contribution in [-0.2, 0) is 11.3 Å². The molecule has 0 saturated heterocycles. The molecule has 0 spiro atoms. The second kappa shape index (κ2) is 5.48. The summed E-state index contributed by atoms with van der Waals surface area (Å²) in [5.41, 5.74) is 0.594. The van der Waals surface area contributed by atoms with Crippen molar-refractivity contribution in [3.63, 3.8) is 0 Å². The van der Waals surface area contributed by atoms with Gasteiger partial charge in [0.25, 0.3) is 0 Å². The van der Waals surface area contributed by atoms with Gasteiger partial charge in [0.1, 0.15) is 5.75 Å². The van der Waals surface area contributed by atoms with Gasteiger partial charge in [-0.15, -0.1) is 11.3 Å².